The number of amides is 1. The van der Waals surface area contributed by atoms with Gasteiger partial charge in [0.25, 0.3) is 0 Å². The Hall–Kier alpha value is -2.04. The fourth-order valence-corrected chi connectivity index (χ4v) is 4.45. The molecule has 5 heteroatoms. The smallest absolute Gasteiger partial charge is 0.231 e. The normalized spacial score (nSPS) is 32.2. The zero-order valence-corrected chi connectivity index (χ0v) is 11.5. The van der Waals surface area contributed by atoms with E-state index in [1.54, 1.807) is 4.90 Å². The van der Waals surface area contributed by atoms with Crippen LogP contribution in [0.1, 0.15) is 36.3 Å². The Bertz CT molecular complexity index is 683. The van der Waals surface area contributed by atoms with Crippen molar-refractivity contribution in [3.05, 3.63) is 23.3 Å². The zero-order valence-electron chi connectivity index (χ0n) is 11.5. The topological polar surface area (TPSA) is 55.8 Å². The van der Waals surface area contributed by atoms with Crippen LogP contribution in [0, 0.1) is 5.92 Å². The number of carbonyl (C=O) groups is 2. The molecule has 3 atom stereocenters. The Morgan fingerprint density at radius 1 is 1.14 bits per heavy atom. The minimum absolute atomic E-state index is 0.115. The molecule has 1 aliphatic carbocycles. The third kappa shape index (κ3) is 1.36. The first-order valence-corrected chi connectivity index (χ1v) is 7.48. The molecule has 0 N–H and O–H groups in total. The van der Waals surface area contributed by atoms with Gasteiger partial charge in [0.15, 0.2) is 17.3 Å². The van der Waals surface area contributed by atoms with Crippen molar-refractivity contribution in [1.82, 2.24) is 4.90 Å². The summed E-state index contributed by atoms with van der Waals surface area (Å²) >= 11 is 0. The number of fused-ring (bicyclic) bond motifs is 5. The van der Waals surface area contributed by atoms with Gasteiger partial charge in [0, 0.05) is 24.4 Å². The van der Waals surface area contributed by atoms with E-state index in [0.29, 0.717) is 13.0 Å². The molecule has 21 heavy (non-hydrogen) atoms. The average molecular weight is 285 g/mol. The lowest BCUT2D eigenvalue weighted by Gasteiger charge is -2.31. The fraction of sp³-hybridized carbons (Fsp3) is 0.500. The van der Waals surface area contributed by atoms with Crippen molar-refractivity contribution < 1.29 is 19.1 Å². The highest BCUT2D eigenvalue weighted by molar-refractivity contribution is 5.99. The van der Waals surface area contributed by atoms with Crippen LogP contribution in [0.5, 0.6) is 11.5 Å². The number of carbonyl (C=O) groups excluding carboxylic acids is 2. The predicted molar refractivity (Wildman–Crippen MR) is 72.0 cm³/mol. The van der Waals surface area contributed by atoms with Gasteiger partial charge in [0.1, 0.15) is 0 Å². The average Bonchev–Trinajstić information content (AvgIpc) is 3.04. The predicted octanol–water partition coefficient (Wildman–Crippen LogP) is 1.59. The number of rotatable bonds is 0. The van der Waals surface area contributed by atoms with Crippen LogP contribution in [0.15, 0.2) is 12.1 Å². The maximum absolute atomic E-state index is 12.9. The van der Waals surface area contributed by atoms with Gasteiger partial charge in [-0.2, -0.15) is 0 Å². The largest absolute Gasteiger partial charge is 0.454 e. The van der Waals surface area contributed by atoms with E-state index in [0.717, 1.165) is 35.5 Å². The lowest BCUT2D eigenvalue weighted by Crippen LogP contribution is -2.43. The maximum Gasteiger partial charge on any atom is 0.231 e. The molecule has 1 aromatic rings. The molecular weight excluding hydrogens is 270 g/mol. The summed E-state index contributed by atoms with van der Waals surface area (Å²) in [5.74, 6) is 1.81. The molecule has 5 rings (SSSR count). The zero-order chi connectivity index (χ0) is 14.1. The van der Waals surface area contributed by atoms with Crippen LogP contribution < -0.4 is 9.47 Å². The Morgan fingerprint density at radius 2 is 2.05 bits per heavy atom. The van der Waals surface area contributed by atoms with Crippen molar-refractivity contribution in [1.29, 1.82) is 0 Å². The van der Waals surface area contributed by atoms with Gasteiger partial charge in [-0.1, -0.05) is 6.07 Å². The number of ether oxygens (including phenoxy) is 2. The number of hydrogen-bond donors (Lipinski definition) is 0. The van der Waals surface area contributed by atoms with E-state index in [4.69, 9.17) is 9.47 Å². The Labute approximate surface area is 121 Å². The summed E-state index contributed by atoms with van der Waals surface area (Å²) < 4.78 is 11.1. The van der Waals surface area contributed by atoms with E-state index in [1.165, 1.54) is 0 Å². The van der Waals surface area contributed by atoms with Crippen LogP contribution in [0.2, 0.25) is 0 Å². The van der Waals surface area contributed by atoms with E-state index in [1.807, 2.05) is 12.1 Å². The van der Waals surface area contributed by atoms with Crippen LogP contribution in [0.3, 0.4) is 0 Å². The van der Waals surface area contributed by atoms with Gasteiger partial charge in [-0.3, -0.25) is 9.59 Å². The van der Waals surface area contributed by atoms with E-state index in [-0.39, 0.29) is 36.4 Å². The summed E-state index contributed by atoms with van der Waals surface area (Å²) in [5.41, 5.74) is 2.01. The first-order chi connectivity index (χ1) is 10.2. The van der Waals surface area contributed by atoms with Crippen molar-refractivity contribution in [2.75, 3.05) is 6.79 Å². The number of ketones is 1. The van der Waals surface area contributed by atoms with Gasteiger partial charge in [0.05, 0.1) is 6.04 Å². The van der Waals surface area contributed by atoms with Crippen molar-refractivity contribution in [3.63, 3.8) is 0 Å². The van der Waals surface area contributed by atoms with Crippen LogP contribution >= 0.6 is 0 Å². The van der Waals surface area contributed by atoms with Crippen molar-refractivity contribution in [3.8, 4) is 11.5 Å². The van der Waals surface area contributed by atoms with Gasteiger partial charge < -0.3 is 14.4 Å². The molecule has 2 bridgehead atoms. The molecule has 1 saturated heterocycles. The van der Waals surface area contributed by atoms with E-state index in [2.05, 4.69) is 0 Å². The van der Waals surface area contributed by atoms with E-state index >= 15 is 0 Å². The van der Waals surface area contributed by atoms with E-state index < -0.39 is 0 Å². The summed E-state index contributed by atoms with van der Waals surface area (Å²) in [6.45, 7) is 0.732. The van der Waals surface area contributed by atoms with Gasteiger partial charge in [0.2, 0.25) is 12.7 Å². The summed E-state index contributed by atoms with van der Waals surface area (Å²) in [7, 11) is 0. The quantitative estimate of drug-likeness (QED) is 0.726. The molecule has 3 heterocycles. The number of Topliss-reactive ketones (excluding diaryl/α,β-unsaturated/α-hetero) is 1. The standard InChI is InChI=1S/C16H15NO4/c18-12-5-8-1-3-10-13-9(6-17(12)14(8)15(10)19)2-4-11-16(13)21-7-20-11/h2,4,8,10,14H,1,3,5-7H2/t8-,10?,14+/m1/s1. The summed E-state index contributed by atoms with van der Waals surface area (Å²) in [5, 5.41) is 0. The monoisotopic (exact) mass is 285 g/mol. The molecule has 3 aliphatic heterocycles. The van der Waals surface area contributed by atoms with Gasteiger partial charge >= 0.3 is 0 Å². The number of nitrogens with zero attached hydrogens (tertiary/aromatic N) is 1. The summed E-state index contributed by atoms with van der Waals surface area (Å²) in [6, 6.07) is 3.65. The van der Waals surface area contributed by atoms with Gasteiger partial charge in [-0.15, -0.1) is 0 Å². The molecule has 4 aliphatic rings. The third-order valence-electron chi connectivity index (χ3n) is 5.36. The molecule has 0 aromatic heterocycles. The second-order valence-electron chi connectivity index (χ2n) is 6.34. The van der Waals surface area contributed by atoms with Gasteiger partial charge in [-0.05, 0) is 30.4 Å². The van der Waals surface area contributed by atoms with Crippen LogP contribution in [-0.2, 0) is 16.1 Å². The van der Waals surface area contributed by atoms with Crippen LogP contribution in [0.4, 0.5) is 0 Å². The highest BCUT2D eigenvalue weighted by Gasteiger charge is 2.52. The SMILES string of the molecule is O=C1C2CC[C@@H]3CC(=O)N(Cc4ccc5c(c42)OCO5)[C@H]13. The molecule has 0 spiro atoms. The molecule has 1 amide bonds. The lowest BCUT2D eigenvalue weighted by molar-refractivity contribution is -0.136. The Kier molecular flexibility index (Phi) is 2.09. The highest BCUT2D eigenvalue weighted by Crippen LogP contribution is 2.50. The molecule has 5 nitrogen and oxygen atoms in total. The summed E-state index contributed by atoms with van der Waals surface area (Å²) in [6.07, 6.45) is 2.28. The molecule has 1 unspecified atom stereocenters. The first kappa shape index (κ1) is 11.6. The Morgan fingerprint density at radius 3 is 2.95 bits per heavy atom. The molecule has 1 saturated carbocycles. The molecule has 1 aromatic carbocycles. The molecular formula is C16H15NO4. The second-order valence-corrected chi connectivity index (χ2v) is 6.34. The van der Waals surface area contributed by atoms with Crippen LogP contribution in [0.25, 0.3) is 0 Å². The highest BCUT2D eigenvalue weighted by atomic mass is 16.7. The minimum atomic E-state index is -0.221. The summed E-state index contributed by atoms with van der Waals surface area (Å²) in [4.78, 5) is 26.9. The van der Waals surface area contributed by atoms with E-state index in [9.17, 15) is 9.59 Å². The van der Waals surface area contributed by atoms with Crippen molar-refractivity contribution in [2.45, 2.75) is 37.8 Å². The first-order valence-electron chi connectivity index (χ1n) is 7.48. The fourth-order valence-electron chi connectivity index (χ4n) is 4.45. The molecule has 2 fully saturated rings. The van der Waals surface area contributed by atoms with Crippen molar-refractivity contribution >= 4 is 11.7 Å². The molecule has 0 radical (unpaired) electrons. The van der Waals surface area contributed by atoms with Gasteiger partial charge in [-0.25, -0.2) is 0 Å². The minimum Gasteiger partial charge on any atom is -0.454 e. The third-order valence-corrected chi connectivity index (χ3v) is 5.36. The molecule has 108 valence electrons. The second kappa shape index (κ2) is 3.78. The van der Waals surface area contributed by atoms with Crippen LogP contribution in [-0.4, -0.2) is 29.4 Å². The lowest BCUT2D eigenvalue weighted by atomic mass is 9.74. The Balaban J connectivity index is 1.74. The number of benzene rings is 1. The maximum atomic E-state index is 12.9. The number of hydrogen-bond acceptors (Lipinski definition) is 4. The van der Waals surface area contributed by atoms with Crippen molar-refractivity contribution in [2.24, 2.45) is 5.92 Å².